The molecule has 0 aliphatic rings. The van der Waals surface area contributed by atoms with Crippen LogP contribution in [0.3, 0.4) is 0 Å². The third kappa shape index (κ3) is 11.7. The second-order valence-corrected chi connectivity index (χ2v) is 2.35. The molecule has 5 N–H and O–H groups in total. The minimum absolute atomic E-state index is 0. The summed E-state index contributed by atoms with van der Waals surface area (Å²) in [6, 6.07) is 0. The Kier molecular flexibility index (Phi) is 8.99. The number of hydrogen-bond donors (Lipinski definition) is 3. The molecule has 72 valence electrons. The highest BCUT2D eigenvalue weighted by atomic mass is 16.4. The predicted octanol–water partition coefficient (Wildman–Crippen LogP) is 1.27. The van der Waals surface area contributed by atoms with Crippen molar-refractivity contribution in [2.75, 3.05) is 0 Å². The maximum atomic E-state index is 9.98. The Labute approximate surface area is 71.0 Å². The number of carboxylic acids is 2. The average molecular weight is 177 g/mol. The molecule has 0 bridgehead atoms. The molecule has 5 heteroatoms. The molecule has 0 aromatic rings. The number of unbranched alkanes of at least 4 members (excludes halogenated alkanes) is 2. The number of carboxylic acid groups (broad SMARTS) is 2. The molecule has 0 fully saturated rings. The standard InChI is InChI=1S/C7H12O4.H3N/c8-6(9)4-2-1-3-5-7(10)11;/h1-5H2,(H,8,9)(H,10,11);1H3. The molecule has 0 rings (SSSR count). The first-order chi connectivity index (χ1) is 5.13. The van der Waals surface area contributed by atoms with Crippen LogP contribution in [0.2, 0.25) is 0 Å². The molecule has 0 atom stereocenters. The van der Waals surface area contributed by atoms with Crippen LogP contribution in [-0.2, 0) is 9.59 Å². The lowest BCUT2D eigenvalue weighted by molar-refractivity contribution is -0.137. The lowest BCUT2D eigenvalue weighted by Gasteiger charge is -1.94. The molecule has 0 aromatic heterocycles. The van der Waals surface area contributed by atoms with Crippen LogP contribution < -0.4 is 6.15 Å². The van der Waals surface area contributed by atoms with E-state index in [-0.39, 0.29) is 19.0 Å². The van der Waals surface area contributed by atoms with Gasteiger partial charge in [-0.2, -0.15) is 0 Å². The highest BCUT2D eigenvalue weighted by Gasteiger charge is 1.98. The minimum Gasteiger partial charge on any atom is -0.481 e. The highest BCUT2D eigenvalue weighted by molar-refractivity contribution is 5.67. The van der Waals surface area contributed by atoms with E-state index in [0.29, 0.717) is 19.3 Å². The summed E-state index contributed by atoms with van der Waals surface area (Å²) >= 11 is 0. The molecule has 0 saturated carbocycles. The van der Waals surface area contributed by atoms with E-state index in [4.69, 9.17) is 10.2 Å². The Balaban J connectivity index is 0. The van der Waals surface area contributed by atoms with Crippen LogP contribution in [0.15, 0.2) is 0 Å². The van der Waals surface area contributed by atoms with Gasteiger partial charge in [-0.15, -0.1) is 0 Å². The largest absolute Gasteiger partial charge is 0.481 e. The second-order valence-electron chi connectivity index (χ2n) is 2.35. The molecular weight excluding hydrogens is 162 g/mol. The van der Waals surface area contributed by atoms with E-state index in [2.05, 4.69) is 0 Å². The summed E-state index contributed by atoms with van der Waals surface area (Å²) < 4.78 is 0. The van der Waals surface area contributed by atoms with E-state index in [1.54, 1.807) is 0 Å². The van der Waals surface area contributed by atoms with Gasteiger partial charge in [-0.25, -0.2) is 0 Å². The Hall–Kier alpha value is -1.10. The van der Waals surface area contributed by atoms with E-state index in [1.165, 1.54) is 0 Å². The molecule has 5 nitrogen and oxygen atoms in total. The van der Waals surface area contributed by atoms with E-state index < -0.39 is 11.9 Å². The van der Waals surface area contributed by atoms with E-state index in [9.17, 15) is 9.59 Å². The monoisotopic (exact) mass is 177 g/mol. The van der Waals surface area contributed by atoms with Gasteiger partial charge in [0.25, 0.3) is 0 Å². The molecule has 0 aliphatic carbocycles. The van der Waals surface area contributed by atoms with Crippen molar-refractivity contribution in [3.8, 4) is 0 Å². The van der Waals surface area contributed by atoms with Crippen LogP contribution in [0.5, 0.6) is 0 Å². The smallest absolute Gasteiger partial charge is 0.303 e. The third-order valence-corrected chi connectivity index (χ3v) is 1.28. The molecule has 0 amide bonds. The molecule has 0 spiro atoms. The first kappa shape index (κ1) is 13.5. The van der Waals surface area contributed by atoms with Crippen molar-refractivity contribution in [2.24, 2.45) is 0 Å². The number of carbonyl (C=O) groups is 2. The van der Waals surface area contributed by atoms with Gasteiger partial charge < -0.3 is 16.4 Å². The van der Waals surface area contributed by atoms with E-state index >= 15 is 0 Å². The van der Waals surface area contributed by atoms with Gasteiger partial charge in [0.1, 0.15) is 0 Å². The van der Waals surface area contributed by atoms with E-state index in [1.807, 2.05) is 0 Å². The summed E-state index contributed by atoms with van der Waals surface area (Å²) in [4.78, 5) is 20.0. The van der Waals surface area contributed by atoms with Gasteiger partial charge in [0, 0.05) is 12.8 Å². The number of aliphatic carboxylic acids is 2. The molecule has 0 aromatic carbocycles. The Morgan fingerprint density at radius 1 is 0.833 bits per heavy atom. The summed E-state index contributed by atoms with van der Waals surface area (Å²) in [7, 11) is 0. The summed E-state index contributed by atoms with van der Waals surface area (Å²) in [5.41, 5.74) is 0. The zero-order valence-electron chi connectivity index (χ0n) is 6.95. The topological polar surface area (TPSA) is 110 Å². The number of rotatable bonds is 6. The van der Waals surface area contributed by atoms with Gasteiger partial charge in [0.05, 0.1) is 0 Å². The van der Waals surface area contributed by atoms with Crippen LogP contribution >= 0.6 is 0 Å². The molecule has 0 radical (unpaired) electrons. The molecule has 0 unspecified atom stereocenters. The fraction of sp³-hybridized carbons (Fsp3) is 0.714. The Morgan fingerprint density at radius 2 is 1.17 bits per heavy atom. The van der Waals surface area contributed by atoms with Gasteiger partial charge in [-0.05, 0) is 12.8 Å². The van der Waals surface area contributed by atoms with Crippen LogP contribution in [0.1, 0.15) is 32.1 Å². The van der Waals surface area contributed by atoms with Crippen LogP contribution in [-0.4, -0.2) is 22.2 Å². The van der Waals surface area contributed by atoms with Crippen molar-refractivity contribution in [1.82, 2.24) is 6.15 Å². The summed E-state index contributed by atoms with van der Waals surface area (Å²) in [5.74, 6) is -1.64. The van der Waals surface area contributed by atoms with Crippen molar-refractivity contribution in [3.63, 3.8) is 0 Å². The van der Waals surface area contributed by atoms with Gasteiger partial charge in [0.2, 0.25) is 0 Å². The quantitative estimate of drug-likeness (QED) is 0.529. The van der Waals surface area contributed by atoms with Crippen LogP contribution in [0, 0.1) is 0 Å². The first-order valence-corrected chi connectivity index (χ1v) is 3.56. The fourth-order valence-corrected chi connectivity index (χ4v) is 0.729. The molecular formula is C7H15NO4. The van der Waals surface area contributed by atoms with Gasteiger partial charge in [0.15, 0.2) is 0 Å². The van der Waals surface area contributed by atoms with Crippen molar-refractivity contribution >= 4 is 11.9 Å². The van der Waals surface area contributed by atoms with Gasteiger partial charge >= 0.3 is 11.9 Å². The minimum atomic E-state index is -0.819. The first-order valence-electron chi connectivity index (χ1n) is 3.56. The third-order valence-electron chi connectivity index (χ3n) is 1.28. The number of hydrogen-bond acceptors (Lipinski definition) is 3. The maximum absolute atomic E-state index is 9.98. The lowest BCUT2D eigenvalue weighted by atomic mass is 10.1. The van der Waals surface area contributed by atoms with Gasteiger partial charge in [-0.3, -0.25) is 9.59 Å². The summed E-state index contributed by atoms with van der Waals surface area (Å²) in [6.07, 6.45) is 2.10. The van der Waals surface area contributed by atoms with Crippen molar-refractivity contribution in [2.45, 2.75) is 32.1 Å². The zero-order chi connectivity index (χ0) is 8.69. The van der Waals surface area contributed by atoms with Crippen molar-refractivity contribution in [1.29, 1.82) is 0 Å². The fourth-order valence-electron chi connectivity index (χ4n) is 0.729. The lowest BCUT2D eigenvalue weighted by Crippen LogP contribution is -1.96. The van der Waals surface area contributed by atoms with Crippen molar-refractivity contribution in [3.05, 3.63) is 0 Å². The maximum Gasteiger partial charge on any atom is 0.303 e. The van der Waals surface area contributed by atoms with E-state index in [0.717, 1.165) is 0 Å². The Bertz CT molecular complexity index is 130. The second kappa shape index (κ2) is 8.00. The molecule has 0 heterocycles. The highest BCUT2D eigenvalue weighted by Crippen LogP contribution is 2.02. The zero-order valence-corrected chi connectivity index (χ0v) is 6.95. The summed E-state index contributed by atoms with van der Waals surface area (Å²) in [5, 5.41) is 16.4. The SMILES string of the molecule is N.O=C(O)CCCCCC(=O)O. The van der Waals surface area contributed by atoms with Crippen molar-refractivity contribution < 1.29 is 19.8 Å². The molecule has 0 saturated heterocycles. The summed E-state index contributed by atoms with van der Waals surface area (Å²) in [6.45, 7) is 0. The normalized spacial score (nSPS) is 8.67. The Morgan fingerprint density at radius 3 is 1.42 bits per heavy atom. The van der Waals surface area contributed by atoms with Gasteiger partial charge in [-0.1, -0.05) is 6.42 Å². The predicted molar refractivity (Wildman–Crippen MR) is 43.4 cm³/mol. The molecule has 0 aliphatic heterocycles. The average Bonchev–Trinajstić information content (AvgIpc) is 1.85. The van der Waals surface area contributed by atoms with Crippen LogP contribution in [0.25, 0.3) is 0 Å². The molecule has 12 heavy (non-hydrogen) atoms. The van der Waals surface area contributed by atoms with Crippen LogP contribution in [0.4, 0.5) is 0 Å².